The van der Waals surface area contributed by atoms with Gasteiger partial charge in [0.2, 0.25) is 0 Å². The Balaban J connectivity index is 2.24. The van der Waals surface area contributed by atoms with Gasteiger partial charge in [-0.3, -0.25) is 4.98 Å². The summed E-state index contributed by atoms with van der Waals surface area (Å²) in [6.07, 6.45) is 1.72. The average Bonchev–Trinajstić information content (AvgIpc) is 2.39. The number of rotatable bonds is 4. The van der Waals surface area contributed by atoms with Gasteiger partial charge in [-0.05, 0) is 24.3 Å². The van der Waals surface area contributed by atoms with Crippen LogP contribution in [0, 0.1) is 5.82 Å². The van der Waals surface area contributed by atoms with Crippen molar-refractivity contribution in [1.29, 1.82) is 0 Å². The summed E-state index contributed by atoms with van der Waals surface area (Å²) in [4.78, 5) is 6.10. The number of hydrogen-bond acceptors (Lipinski definition) is 3. The predicted octanol–water partition coefficient (Wildman–Crippen LogP) is 2.35. The smallest absolute Gasteiger partial charge is 0.130 e. The quantitative estimate of drug-likeness (QED) is 0.899. The van der Waals surface area contributed by atoms with E-state index < -0.39 is 0 Å². The van der Waals surface area contributed by atoms with Crippen molar-refractivity contribution >= 4 is 5.69 Å². The van der Waals surface area contributed by atoms with Crippen molar-refractivity contribution in [2.75, 3.05) is 11.9 Å². The second-order valence-electron chi connectivity index (χ2n) is 4.07. The SMILES string of the molecule is CN(Cc1ccccn1)c1cccc(F)c1CO. The zero-order valence-corrected chi connectivity index (χ0v) is 10.2. The highest BCUT2D eigenvalue weighted by Gasteiger charge is 2.11. The third-order valence-corrected chi connectivity index (χ3v) is 2.79. The molecule has 1 N–H and O–H groups in total. The van der Waals surface area contributed by atoms with Crippen molar-refractivity contribution in [3.63, 3.8) is 0 Å². The summed E-state index contributed by atoms with van der Waals surface area (Å²) in [5.41, 5.74) is 1.90. The molecule has 0 radical (unpaired) electrons. The lowest BCUT2D eigenvalue weighted by atomic mass is 10.1. The normalized spacial score (nSPS) is 10.4. The molecule has 0 spiro atoms. The van der Waals surface area contributed by atoms with Crippen molar-refractivity contribution in [3.8, 4) is 0 Å². The second kappa shape index (κ2) is 5.60. The Morgan fingerprint density at radius 2 is 2.06 bits per heavy atom. The molecule has 94 valence electrons. The highest BCUT2D eigenvalue weighted by molar-refractivity contribution is 5.53. The van der Waals surface area contributed by atoms with Gasteiger partial charge in [0.1, 0.15) is 5.82 Å². The first-order valence-corrected chi connectivity index (χ1v) is 5.71. The lowest BCUT2D eigenvalue weighted by molar-refractivity contribution is 0.276. The maximum atomic E-state index is 13.5. The van der Waals surface area contributed by atoms with E-state index in [9.17, 15) is 9.50 Å². The molecule has 1 heterocycles. The number of anilines is 1. The molecule has 0 saturated heterocycles. The Bertz CT molecular complexity index is 516. The molecule has 18 heavy (non-hydrogen) atoms. The molecule has 0 amide bonds. The molecule has 0 atom stereocenters. The molecule has 2 aromatic rings. The maximum Gasteiger partial charge on any atom is 0.130 e. The number of halogens is 1. The number of pyridine rings is 1. The first kappa shape index (κ1) is 12.5. The van der Waals surface area contributed by atoms with Gasteiger partial charge in [-0.15, -0.1) is 0 Å². The summed E-state index contributed by atoms with van der Waals surface area (Å²) in [5, 5.41) is 9.23. The molecule has 1 aromatic heterocycles. The highest BCUT2D eigenvalue weighted by atomic mass is 19.1. The first-order valence-electron chi connectivity index (χ1n) is 5.71. The molecule has 0 unspecified atom stereocenters. The number of aromatic nitrogens is 1. The van der Waals surface area contributed by atoms with Crippen molar-refractivity contribution in [2.24, 2.45) is 0 Å². The van der Waals surface area contributed by atoms with Crippen LogP contribution in [0.2, 0.25) is 0 Å². The van der Waals surface area contributed by atoms with E-state index in [1.54, 1.807) is 18.3 Å². The first-order chi connectivity index (χ1) is 8.72. The van der Waals surface area contributed by atoms with Crippen LogP contribution in [0.5, 0.6) is 0 Å². The Kier molecular flexibility index (Phi) is 3.89. The highest BCUT2D eigenvalue weighted by Crippen LogP contribution is 2.23. The fourth-order valence-corrected chi connectivity index (χ4v) is 1.88. The number of aliphatic hydroxyl groups excluding tert-OH is 1. The van der Waals surface area contributed by atoms with Crippen molar-refractivity contribution < 1.29 is 9.50 Å². The van der Waals surface area contributed by atoms with Crippen LogP contribution in [-0.2, 0) is 13.2 Å². The van der Waals surface area contributed by atoms with E-state index in [1.807, 2.05) is 30.1 Å². The van der Waals surface area contributed by atoms with Gasteiger partial charge in [-0.1, -0.05) is 12.1 Å². The summed E-state index contributed by atoms with van der Waals surface area (Å²) < 4.78 is 13.5. The fourth-order valence-electron chi connectivity index (χ4n) is 1.88. The van der Waals surface area contributed by atoms with Gasteiger partial charge in [-0.2, -0.15) is 0 Å². The van der Waals surface area contributed by atoms with Crippen LogP contribution >= 0.6 is 0 Å². The Hall–Kier alpha value is -1.94. The summed E-state index contributed by atoms with van der Waals surface area (Å²) in [5.74, 6) is -0.386. The summed E-state index contributed by atoms with van der Waals surface area (Å²) >= 11 is 0. The van der Waals surface area contributed by atoms with E-state index in [2.05, 4.69) is 4.98 Å². The van der Waals surface area contributed by atoms with Crippen LogP contribution in [0.25, 0.3) is 0 Å². The third-order valence-electron chi connectivity index (χ3n) is 2.79. The summed E-state index contributed by atoms with van der Waals surface area (Å²) in [6.45, 7) is 0.256. The largest absolute Gasteiger partial charge is 0.391 e. The third kappa shape index (κ3) is 2.65. The molecule has 0 bridgehead atoms. The number of benzene rings is 1. The van der Waals surface area contributed by atoms with Gasteiger partial charge in [0.05, 0.1) is 18.8 Å². The van der Waals surface area contributed by atoms with Gasteiger partial charge in [0.25, 0.3) is 0 Å². The molecular weight excluding hydrogens is 231 g/mol. The molecule has 0 aliphatic rings. The molecule has 0 aliphatic carbocycles. The molecule has 0 aliphatic heterocycles. The average molecular weight is 246 g/mol. The van der Waals surface area contributed by atoms with Gasteiger partial charge in [-0.25, -0.2) is 4.39 Å². The Morgan fingerprint density at radius 1 is 1.22 bits per heavy atom. The molecular formula is C14H15FN2O. The summed E-state index contributed by atoms with van der Waals surface area (Å²) in [6, 6.07) is 10.5. The minimum Gasteiger partial charge on any atom is -0.391 e. The van der Waals surface area contributed by atoms with Crippen LogP contribution < -0.4 is 4.90 Å². The molecule has 4 heteroatoms. The number of hydrogen-bond donors (Lipinski definition) is 1. The van der Waals surface area contributed by atoms with Crippen molar-refractivity contribution in [2.45, 2.75) is 13.2 Å². The van der Waals surface area contributed by atoms with Crippen LogP contribution in [0.4, 0.5) is 10.1 Å². The van der Waals surface area contributed by atoms with Gasteiger partial charge < -0.3 is 10.0 Å². The monoisotopic (exact) mass is 246 g/mol. The van der Waals surface area contributed by atoms with Gasteiger partial charge >= 0.3 is 0 Å². The molecule has 2 rings (SSSR count). The number of nitrogens with zero attached hydrogens (tertiary/aromatic N) is 2. The predicted molar refractivity (Wildman–Crippen MR) is 68.7 cm³/mol. The van der Waals surface area contributed by atoms with E-state index in [4.69, 9.17) is 0 Å². The van der Waals surface area contributed by atoms with Gasteiger partial charge in [0, 0.05) is 24.5 Å². The van der Waals surface area contributed by atoms with Crippen LogP contribution in [0.15, 0.2) is 42.6 Å². The van der Waals surface area contributed by atoms with Crippen LogP contribution in [-0.4, -0.2) is 17.1 Å². The Labute approximate surface area is 106 Å². The van der Waals surface area contributed by atoms with Crippen molar-refractivity contribution in [3.05, 3.63) is 59.7 Å². The topological polar surface area (TPSA) is 36.4 Å². The minimum absolute atomic E-state index is 0.311. The Morgan fingerprint density at radius 3 is 2.72 bits per heavy atom. The lowest BCUT2D eigenvalue weighted by Gasteiger charge is -2.21. The second-order valence-corrected chi connectivity index (χ2v) is 4.07. The van der Waals surface area contributed by atoms with E-state index in [0.29, 0.717) is 17.8 Å². The zero-order valence-electron chi connectivity index (χ0n) is 10.2. The molecule has 3 nitrogen and oxygen atoms in total. The fraction of sp³-hybridized carbons (Fsp3) is 0.214. The minimum atomic E-state index is -0.386. The van der Waals surface area contributed by atoms with E-state index in [0.717, 1.165) is 5.69 Å². The standard InChI is InChI=1S/C14H15FN2O/c1-17(9-11-5-2-3-8-16-11)14-7-4-6-13(15)12(14)10-18/h2-8,18H,9-10H2,1H3. The lowest BCUT2D eigenvalue weighted by Crippen LogP contribution is -2.19. The molecule has 0 saturated carbocycles. The summed E-state index contributed by atoms with van der Waals surface area (Å²) in [7, 11) is 1.85. The zero-order chi connectivity index (χ0) is 13.0. The molecule has 0 fully saturated rings. The van der Waals surface area contributed by atoms with E-state index in [-0.39, 0.29) is 12.4 Å². The van der Waals surface area contributed by atoms with Gasteiger partial charge in [0.15, 0.2) is 0 Å². The maximum absolute atomic E-state index is 13.5. The van der Waals surface area contributed by atoms with Crippen LogP contribution in [0.1, 0.15) is 11.3 Å². The van der Waals surface area contributed by atoms with Crippen LogP contribution in [0.3, 0.4) is 0 Å². The van der Waals surface area contributed by atoms with Crippen molar-refractivity contribution in [1.82, 2.24) is 4.98 Å². The van der Waals surface area contributed by atoms with E-state index in [1.165, 1.54) is 6.07 Å². The number of aliphatic hydroxyl groups is 1. The molecule has 1 aromatic carbocycles. The van der Waals surface area contributed by atoms with E-state index >= 15 is 0 Å².